The molecule has 0 N–H and O–H groups in total. The third kappa shape index (κ3) is 3.87. The number of methoxy groups -OCH3 is 1. The lowest BCUT2D eigenvalue weighted by atomic mass is 9.96. The Kier molecular flexibility index (Phi) is 5.12. The van der Waals surface area contributed by atoms with E-state index in [-0.39, 0.29) is 12.1 Å². The molecule has 0 bridgehead atoms. The number of esters is 1. The molecule has 0 radical (unpaired) electrons. The molecule has 25 heavy (non-hydrogen) atoms. The van der Waals surface area contributed by atoms with Crippen LogP contribution in [0.15, 0.2) is 36.4 Å². The number of carbonyl (C=O) groups excluding carboxylic acids is 1. The van der Waals surface area contributed by atoms with Gasteiger partial charge in [0.1, 0.15) is 29.1 Å². The SMILES string of the molecule is CCOc1cc(OC(C)=O)ccc1C1CCc2ccc(OC)cc2O1. The van der Waals surface area contributed by atoms with E-state index < -0.39 is 0 Å². The summed E-state index contributed by atoms with van der Waals surface area (Å²) in [6, 6.07) is 11.3. The number of ether oxygens (including phenoxy) is 4. The van der Waals surface area contributed by atoms with Crippen LogP contribution in [-0.2, 0) is 11.2 Å². The van der Waals surface area contributed by atoms with Crippen molar-refractivity contribution in [3.05, 3.63) is 47.5 Å². The van der Waals surface area contributed by atoms with E-state index in [0.29, 0.717) is 18.1 Å². The highest BCUT2D eigenvalue weighted by atomic mass is 16.5. The summed E-state index contributed by atoms with van der Waals surface area (Å²) in [5.74, 6) is 2.40. The Morgan fingerprint density at radius 1 is 1.20 bits per heavy atom. The molecule has 132 valence electrons. The van der Waals surface area contributed by atoms with Crippen molar-refractivity contribution in [2.45, 2.75) is 32.8 Å². The number of fused-ring (bicyclic) bond motifs is 1. The van der Waals surface area contributed by atoms with Gasteiger partial charge < -0.3 is 18.9 Å². The molecule has 5 nitrogen and oxygen atoms in total. The van der Waals surface area contributed by atoms with Crippen molar-refractivity contribution in [3.63, 3.8) is 0 Å². The molecule has 2 aromatic rings. The average molecular weight is 342 g/mol. The highest BCUT2D eigenvalue weighted by Crippen LogP contribution is 2.40. The van der Waals surface area contributed by atoms with Crippen LogP contribution in [0.2, 0.25) is 0 Å². The summed E-state index contributed by atoms with van der Waals surface area (Å²) in [5.41, 5.74) is 2.12. The molecule has 0 saturated heterocycles. The summed E-state index contributed by atoms with van der Waals surface area (Å²) in [7, 11) is 1.64. The standard InChI is InChI=1S/C20H22O5/c1-4-23-20-12-16(24-13(2)21)8-9-17(20)18-10-6-14-5-7-15(22-3)11-19(14)25-18/h5,7-9,11-12,18H,4,6,10H2,1-3H3. The van der Waals surface area contributed by atoms with E-state index >= 15 is 0 Å². The Labute approximate surface area is 147 Å². The first-order valence-electron chi connectivity index (χ1n) is 8.39. The smallest absolute Gasteiger partial charge is 0.308 e. The van der Waals surface area contributed by atoms with Gasteiger partial charge in [-0.15, -0.1) is 0 Å². The zero-order chi connectivity index (χ0) is 17.8. The molecular formula is C20H22O5. The first kappa shape index (κ1) is 17.1. The van der Waals surface area contributed by atoms with Gasteiger partial charge >= 0.3 is 5.97 Å². The summed E-state index contributed by atoms with van der Waals surface area (Å²) in [6.45, 7) is 3.82. The minimum absolute atomic E-state index is 0.118. The summed E-state index contributed by atoms with van der Waals surface area (Å²) in [4.78, 5) is 11.2. The predicted molar refractivity (Wildman–Crippen MR) is 93.6 cm³/mol. The summed E-state index contributed by atoms with van der Waals surface area (Å²) in [5, 5.41) is 0. The average Bonchev–Trinajstić information content (AvgIpc) is 2.61. The van der Waals surface area contributed by atoms with E-state index in [9.17, 15) is 4.79 Å². The Morgan fingerprint density at radius 2 is 2.00 bits per heavy atom. The quantitative estimate of drug-likeness (QED) is 0.605. The molecule has 0 aromatic heterocycles. The molecule has 1 heterocycles. The number of benzene rings is 2. The summed E-state index contributed by atoms with van der Waals surface area (Å²) < 4.78 is 22.4. The lowest BCUT2D eigenvalue weighted by Crippen LogP contribution is -2.16. The normalized spacial score (nSPS) is 15.7. The first-order chi connectivity index (χ1) is 12.1. The van der Waals surface area contributed by atoms with Crippen LogP contribution in [0.4, 0.5) is 0 Å². The zero-order valence-corrected chi connectivity index (χ0v) is 14.7. The minimum atomic E-state index is -0.356. The maximum atomic E-state index is 11.2. The fourth-order valence-corrected chi connectivity index (χ4v) is 2.99. The van der Waals surface area contributed by atoms with Crippen LogP contribution in [0.3, 0.4) is 0 Å². The third-order valence-corrected chi connectivity index (χ3v) is 4.11. The van der Waals surface area contributed by atoms with Crippen LogP contribution in [0.25, 0.3) is 0 Å². The molecule has 0 aliphatic carbocycles. The van der Waals surface area contributed by atoms with Crippen LogP contribution in [0.1, 0.15) is 37.5 Å². The fourth-order valence-electron chi connectivity index (χ4n) is 2.99. The van der Waals surface area contributed by atoms with E-state index in [1.54, 1.807) is 19.2 Å². The molecule has 0 fully saturated rings. The number of rotatable bonds is 5. The van der Waals surface area contributed by atoms with Gasteiger partial charge in [0.05, 0.1) is 13.7 Å². The van der Waals surface area contributed by atoms with Crippen molar-refractivity contribution in [2.75, 3.05) is 13.7 Å². The second-order valence-electron chi connectivity index (χ2n) is 5.85. The molecule has 3 rings (SSSR count). The van der Waals surface area contributed by atoms with Gasteiger partial charge in [-0.2, -0.15) is 0 Å². The van der Waals surface area contributed by atoms with Crippen molar-refractivity contribution in [3.8, 4) is 23.0 Å². The monoisotopic (exact) mass is 342 g/mol. The highest BCUT2D eigenvalue weighted by molar-refractivity contribution is 5.69. The van der Waals surface area contributed by atoms with Gasteiger partial charge in [-0.3, -0.25) is 4.79 Å². The van der Waals surface area contributed by atoms with E-state index in [2.05, 4.69) is 0 Å². The second kappa shape index (κ2) is 7.47. The Hall–Kier alpha value is -2.69. The van der Waals surface area contributed by atoms with Crippen LogP contribution in [0.5, 0.6) is 23.0 Å². The lowest BCUT2D eigenvalue weighted by molar-refractivity contribution is -0.131. The minimum Gasteiger partial charge on any atom is -0.497 e. The molecule has 1 aliphatic rings. The molecule has 0 saturated carbocycles. The molecule has 0 amide bonds. The lowest BCUT2D eigenvalue weighted by Gasteiger charge is -2.28. The molecule has 1 aliphatic heterocycles. The fraction of sp³-hybridized carbons (Fsp3) is 0.350. The number of aryl methyl sites for hydroxylation is 1. The van der Waals surface area contributed by atoms with E-state index in [4.69, 9.17) is 18.9 Å². The molecule has 5 heteroatoms. The van der Waals surface area contributed by atoms with Crippen molar-refractivity contribution in [1.29, 1.82) is 0 Å². The van der Waals surface area contributed by atoms with Gasteiger partial charge in [-0.1, -0.05) is 6.07 Å². The van der Waals surface area contributed by atoms with Crippen molar-refractivity contribution >= 4 is 5.97 Å². The van der Waals surface area contributed by atoms with Gasteiger partial charge in [-0.25, -0.2) is 0 Å². The second-order valence-corrected chi connectivity index (χ2v) is 5.85. The van der Waals surface area contributed by atoms with Gasteiger partial charge in [-0.05, 0) is 43.5 Å². The Balaban J connectivity index is 1.89. The van der Waals surface area contributed by atoms with Gasteiger partial charge in [0.2, 0.25) is 0 Å². The van der Waals surface area contributed by atoms with E-state index in [0.717, 1.165) is 29.9 Å². The zero-order valence-electron chi connectivity index (χ0n) is 14.7. The molecular weight excluding hydrogens is 320 g/mol. The van der Waals surface area contributed by atoms with Crippen LogP contribution < -0.4 is 18.9 Å². The molecule has 0 spiro atoms. The van der Waals surface area contributed by atoms with Crippen molar-refractivity contribution < 1.29 is 23.7 Å². The molecule has 1 atom stereocenters. The van der Waals surface area contributed by atoms with Crippen LogP contribution in [-0.4, -0.2) is 19.7 Å². The summed E-state index contributed by atoms with van der Waals surface area (Å²) in [6.07, 6.45) is 1.65. The Morgan fingerprint density at radius 3 is 2.72 bits per heavy atom. The largest absolute Gasteiger partial charge is 0.497 e. The number of hydrogen-bond acceptors (Lipinski definition) is 5. The van der Waals surface area contributed by atoms with Gasteiger partial charge in [0, 0.05) is 24.6 Å². The molecule has 2 aromatic carbocycles. The number of carbonyl (C=O) groups is 1. The van der Waals surface area contributed by atoms with E-state index in [1.807, 2.05) is 31.2 Å². The predicted octanol–water partition coefficient (Wildman–Crippen LogP) is 4.09. The Bertz CT molecular complexity index is 769. The van der Waals surface area contributed by atoms with Gasteiger partial charge in [0.15, 0.2) is 0 Å². The third-order valence-electron chi connectivity index (χ3n) is 4.11. The maximum absolute atomic E-state index is 11.2. The van der Waals surface area contributed by atoms with Gasteiger partial charge in [0.25, 0.3) is 0 Å². The van der Waals surface area contributed by atoms with Crippen LogP contribution in [0, 0.1) is 0 Å². The van der Waals surface area contributed by atoms with Crippen molar-refractivity contribution in [2.24, 2.45) is 0 Å². The maximum Gasteiger partial charge on any atom is 0.308 e. The summed E-state index contributed by atoms with van der Waals surface area (Å²) >= 11 is 0. The number of hydrogen-bond donors (Lipinski definition) is 0. The highest BCUT2D eigenvalue weighted by Gasteiger charge is 2.25. The van der Waals surface area contributed by atoms with Crippen molar-refractivity contribution in [1.82, 2.24) is 0 Å². The van der Waals surface area contributed by atoms with Crippen LogP contribution >= 0.6 is 0 Å². The first-order valence-corrected chi connectivity index (χ1v) is 8.39. The topological polar surface area (TPSA) is 54.0 Å². The molecule has 1 unspecified atom stereocenters. The van der Waals surface area contributed by atoms with E-state index in [1.165, 1.54) is 12.5 Å².